The van der Waals surface area contributed by atoms with E-state index in [1.807, 2.05) is 24.3 Å². The first-order valence-electron chi connectivity index (χ1n) is 6.26. The van der Waals surface area contributed by atoms with E-state index in [4.69, 9.17) is 21.9 Å². The molecule has 0 saturated heterocycles. The Hall–Kier alpha value is -1.48. The molecule has 2 aromatic rings. The van der Waals surface area contributed by atoms with Gasteiger partial charge in [-0.1, -0.05) is 41.7 Å². The molecule has 94 valence electrons. The van der Waals surface area contributed by atoms with Crippen molar-refractivity contribution < 1.29 is 4.52 Å². The molecular formula is C14H15ClN2O. The van der Waals surface area contributed by atoms with E-state index in [9.17, 15) is 0 Å². The van der Waals surface area contributed by atoms with Gasteiger partial charge in [0.1, 0.15) is 5.76 Å². The van der Waals surface area contributed by atoms with Gasteiger partial charge in [0.15, 0.2) is 5.82 Å². The summed E-state index contributed by atoms with van der Waals surface area (Å²) < 4.78 is 5.46. The summed E-state index contributed by atoms with van der Waals surface area (Å²) in [6.07, 6.45) is 4.83. The van der Waals surface area contributed by atoms with Crippen LogP contribution < -0.4 is 5.73 Å². The summed E-state index contributed by atoms with van der Waals surface area (Å²) in [5.41, 5.74) is 7.91. The molecule has 0 atom stereocenters. The van der Waals surface area contributed by atoms with Crippen molar-refractivity contribution in [1.29, 1.82) is 0 Å². The molecule has 2 N–H and O–H groups in total. The van der Waals surface area contributed by atoms with E-state index in [0.717, 1.165) is 34.8 Å². The molecule has 0 radical (unpaired) electrons. The van der Waals surface area contributed by atoms with Gasteiger partial charge in [0, 0.05) is 10.9 Å². The van der Waals surface area contributed by atoms with Gasteiger partial charge in [-0.2, -0.15) is 0 Å². The fraction of sp³-hybridized carbons (Fsp3) is 0.357. The smallest absolute Gasteiger partial charge is 0.175 e. The Balaban J connectivity index is 2.04. The van der Waals surface area contributed by atoms with Crippen LogP contribution in [0.4, 0.5) is 5.82 Å². The summed E-state index contributed by atoms with van der Waals surface area (Å²) in [5.74, 6) is 1.87. The predicted molar refractivity (Wildman–Crippen MR) is 72.6 cm³/mol. The fourth-order valence-electron chi connectivity index (χ4n) is 2.69. The average Bonchev–Trinajstić information content (AvgIpc) is 2.99. The summed E-state index contributed by atoms with van der Waals surface area (Å²) in [7, 11) is 0. The van der Waals surface area contributed by atoms with E-state index in [2.05, 4.69) is 5.16 Å². The molecule has 1 aliphatic carbocycles. The van der Waals surface area contributed by atoms with Crippen LogP contribution >= 0.6 is 11.6 Å². The first kappa shape index (κ1) is 11.6. The number of rotatable bonds is 2. The predicted octanol–water partition coefficient (Wildman–Crippen LogP) is 4.23. The lowest BCUT2D eigenvalue weighted by Crippen LogP contribution is -1.94. The minimum atomic E-state index is 0.459. The molecule has 18 heavy (non-hydrogen) atoms. The van der Waals surface area contributed by atoms with Crippen LogP contribution in [-0.2, 0) is 0 Å². The zero-order valence-corrected chi connectivity index (χ0v) is 10.8. The van der Waals surface area contributed by atoms with Crippen molar-refractivity contribution in [2.75, 3.05) is 5.73 Å². The van der Waals surface area contributed by atoms with Gasteiger partial charge < -0.3 is 10.3 Å². The highest BCUT2D eigenvalue weighted by atomic mass is 35.5. The van der Waals surface area contributed by atoms with E-state index in [1.54, 1.807) is 0 Å². The molecule has 0 aliphatic heterocycles. The maximum atomic E-state index is 5.94. The molecule has 0 unspecified atom stereocenters. The second-order valence-electron chi connectivity index (χ2n) is 4.80. The number of nitrogen functional groups attached to an aromatic ring is 1. The monoisotopic (exact) mass is 262 g/mol. The standard InChI is InChI=1S/C14H15ClN2O/c15-11-7-5-9(6-8-11)12-13(18-17-14(12)16)10-3-1-2-4-10/h5-8,10H,1-4H2,(H2,16,17). The summed E-state index contributed by atoms with van der Waals surface area (Å²) in [5, 5.41) is 4.65. The third kappa shape index (κ3) is 1.99. The van der Waals surface area contributed by atoms with Crippen LogP contribution in [0, 0.1) is 0 Å². The average molecular weight is 263 g/mol. The van der Waals surface area contributed by atoms with Crippen LogP contribution in [0.3, 0.4) is 0 Å². The number of hydrogen-bond donors (Lipinski definition) is 1. The molecule has 0 spiro atoms. The molecule has 1 fully saturated rings. The van der Waals surface area contributed by atoms with Crippen LogP contribution in [0.15, 0.2) is 28.8 Å². The zero-order chi connectivity index (χ0) is 12.5. The van der Waals surface area contributed by atoms with E-state index in [-0.39, 0.29) is 0 Å². The van der Waals surface area contributed by atoms with Crippen LogP contribution in [0.2, 0.25) is 5.02 Å². The Bertz CT molecular complexity index is 541. The molecule has 1 aromatic carbocycles. The van der Waals surface area contributed by atoms with Gasteiger partial charge in [-0.3, -0.25) is 0 Å². The zero-order valence-electron chi connectivity index (χ0n) is 10.0. The molecule has 3 rings (SSSR count). The van der Waals surface area contributed by atoms with Gasteiger partial charge >= 0.3 is 0 Å². The first-order chi connectivity index (χ1) is 8.75. The maximum Gasteiger partial charge on any atom is 0.175 e. The second kappa shape index (κ2) is 4.65. The van der Waals surface area contributed by atoms with Crippen molar-refractivity contribution in [3.05, 3.63) is 35.0 Å². The highest BCUT2D eigenvalue weighted by Crippen LogP contribution is 2.41. The van der Waals surface area contributed by atoms with Crippen molar-refractivity contribution in [1.82, 2.24) is 5.16 Å². The fourth-order valence-corrected chi connectivity index (χ4v) is 2.82. The topological polar surface area (TPSA) is 52.0 Å². The normalized spacial score (nSPS) is 16.3. The number of anilines is 1. The summed E-state index contributed by atoms with van der Waals surface area (Å²) >= 11 is 5.91. The molecular weight excluding hydrogens is 248 g/mol. The van der Waals surface area contributed by atoms with Gasteiger partial charge in [0.05, 0.1) is 5.56 Å². The van der Waals surface area contributed by atoms with E-state index in [0.29, 0.717) is 11.7 Å². The van der Waals surface area contributed by atoms with Crippen LogP contribution in [0.1, 0.15) is 37.4 Å². The number of nitrogens with zero attached hydrogens (tertiary/aromatic N) is 1. The summed E-state index contributed by atoms with van der Waals surface area (Å²) in [6, 6.07) is 7.65. The minimum Gasteiger partial charge on any atom is -0.380 e. The number of hydrogen-bond acceptors (Lipinski definition) is 3. The highest BCUT2D eigenvalue weighted by molar-refractivity contribution is 6.30. The molecule has 1 saturated carbocycles. The quantitative estimate of drug-likeness (QED) is 0.881. The molecule has 4 heteroatoms. The third-order valence-electron chi connectivity index (χ3n) is 3.60. The van der Waals surface area contributed by atoms with Gasteiger partial charge in [-0.25, -0.2) is 0 Å². The van der Waals surface area contributed by atoms with Crippen molar-refractivity contribution >= 4 is 17.4 Å². The van der Waals surface area contributed by atoms with E-state index >= 15 is 0 Å². The Morgan fingerprint density at radius 1 is 1.17 bits per heavy atom. The van der Waals surface area contributed by atoms with Crippen LogP contribution in [-0.4, -0.2) is 5.16 Å². The summed E-state index contributed by atoms with van der Waals surface area (Å²) in [4.78, 5) is 0. The molecule has 1 aromatic heterocycles. The van der Waals surface area contributed by atoms with Gasteiger partial charge in [-0.15, -0.1) is 0 Å². The van der Waals surface area contributed by atoms with Crippen molar-refractivity contribution in [2.24, 2.45) is 0 Å². The number of benzene rings is 1. The second-order valence-corrected chi connectivity index (χ2v) is 5.23. The summed E-state index contributed by atoms with van der Waals surface area (Å²) in [6.45, 7) is 0. The molecule has 1 heterocycles. The lowest BCUT2D eigenvalue weighted by molar-refractivity contribution is 0.363. The Morgan fingerprint density at radius 2 is 1.83 bits per heavy atom. The minimum absolute atomic E-state index is 0.459. The van der Waals surface area contributed by atoms with E-state index < -0.39 is 0 Å². The van der Waals surface area contributed by atoms with E-state index in [1.165, 1.54) is 12.8 Å². The highest BCUT2D eigenvalue weighted by Gasteiger charge is 2.26. The lowest BCUT2D eigenvalue weighted by atomic mass is 9.96. The Kier molecular flexibility index (Phi) is 3.00. The molecule has 0 amide bonds. The number of nitrogens with two attached hydrogens (primary N) is 1. The van der Waals surface area contributed by atoms with Crippen molar-refractivity contribution in [3.8, 4) is 11.1 Å². The Morgan fingerprint density at radius 3 is 2.50 bits per heavy atom. The van der Waals surface area contributed by atoms with Crippen molar-refractivity contribution in [2.45, 2.75) is 31.6 Å². The molecule has 1 aliphatic rings. The van der Waals surface area contributed by atoms with Gasteiger partial charge in [0.25, 0.3) is 0 Å². The number of halogens is 1. The van der Waals surface area contributed by atoms with Crippen LogP contribution in [0.25, 0.3) is 11.1 Å². The lowest BCUT2D eigenvalue weighted by Gasteiger charge is -2.08. The SMILES string of the molecule is Nc1noc(C2CCCC2)c1-c1ccc(Cl)cc1. The largest absolute Gasteiger partial charge is 0.380 e. The van der Waals surface area contributed by atoms with Crippen molar-refractivity contribution in [3.63, 3.8) is 0 Å². The molecule has 0 bridgehead atoms. The first-order valence-corrected chi connectivity index (χ1v) is 6.64. The Labute approximate surface area is 111 Å². The molecule has 3 nitrogen and oxygen atoms in total. The third-order valence-corrected chi connectivity index (χ3v) is 3.86. The van der Waals surface area contributed by atoms with Gasteiger partial charge in [0.2, 0.25) is 0 Å². The number of aromatic nitrogens is 1. The maximum absolute atomic E-state index is 5.94. The van der Waals surface area contributed by atoms with Gasteiger partial charge in [-0.05, 0) is 30.5 Å². The van der Waals surface area contributed by atoms with Crippen LogP contribution in [0.5, 0.6) is 0 Å².